The van der Waals surface area contributed by atoms with Crippen molar-refractivity contribution < 1.29 is 39.5 Å². The molecular formula is C33H48N6O8S3. The van der Waals surface area contributed by atoms with E-state index in [-0.39, 0.29) is 38.0 Å². The Kier molecular flexibility index (Phi) is 19.3. The van der Waals surface area contributed by atoms with Crippen LogP contribution >= 0.6 is 36.7 Å². The van der Waals surface area contributed by atoms with Crippen LogP contribution in [-0.4, -0.2) is 60.8 Å². The molecule has 2 aromatic rings. The number of benzene rings is 2. The summed E-state index contributed by atoms with van der Waals surface area (Å²) in [7, 11) is 0. The van der Waals surface area contributed by atoms with Crippen molar-refractivity contribution in [3.63, 3.8) is 0 Å². The van der Waals surface area contributed by atoms with Gasteiger partial charge in [-0.25, -0.2) is 0 Å². The highest BCUT2D eigenvalue weighted by molar-refractivity contribution is 7.81. The zero-order valence-electron chi connectivity index (χ0n) is 28.4. The predicted molar refractivity (Wildman–Crippen MR) is 203 cm³/mol. The molecule has 50 heavy (non-hydrogen) atoms. The summed E-state index contributed by atoms with van der Waals surface area (Å²) in [6.45, 7) is 4.93. The number of aromatic hydroxyl groups is 4. The molecule has 0 radical (unpaired) electrons. The average Bonchev–Trinajstić information content (AvgIpc) is 3.07. The normalized spacial score (nSPS) is 10.4. The Balaban J connectivity index is 1.73. The van der Waals surface area contributed by atoms with Gasteiger partial charge >= 0.3 is 0 Å². The lowest BCUT2D eigenvalue weighted by molar-refractivity contribution is 0.0967. The molecule has 0 aromatic heterocycles. The first-order chi connectivity index (χ1) is 24.0. The van der Waals surface area contributed by atoms with Crippen molar-refractivity contribution in [2.24, 2.45) is 0 Å². The Morgan fingerprint density at radius 3 is 1.16 bits per heavy atom. The van der Waals surface area contributed by atoms with Crippen LogP contribution in [0.5, 0.6) is 34.5 Å². The maximum Gasteiger partial charge on any atom is 0.257 e. The van der Waals surface area contributed by atoms with E-state index in [0.29, 0.717) is 13.2 Å². The fourth-order valence-corrected chi connectivity index (χ4v) is 4.93. The second-order valence-electron chi connectivity index (χ2n) is 11.3. The van der Waals surface area contributed by atoms with Crippen LogP contribution < -0.4 is 41.8 Å². The standard InChI is InChI=1S/C33H48N6O8S3/c1-3-5-7-9-11-13-15-46-27-23(40)17-21(18-24(27)41)29(44)34-31(48)36-38-33(50)39-37-32(49)35-30(45)22-19-25(42)28(26(43)20-22)47-16-14-12-10-8-6-4-2/h17-20,40-43H,3-16H2,1-2H3,(H2,38,39,50)(H2,34,36,44,48)(H2,35,37,45,49). The lowest BCUT2D eigenvalue weighted by atomic mass is 10.1. The molecular weight excluding hydrogens is 705 g/mol. The van der Waals surface area contributed by atoms with Gasteiger partial charge in [0.1, 0.15) is 0 Å². The van der Waals surface area contributed by atoms with Crippen LogP contribution in [0.3, 0.4) is 0 Å². The number of rotatable bonds is 18. The van der Waals surface area contributed by atoms with E-state index >= 15 is 0 Å². The molecule has 276 valence electrons. The molecule has 0 aliphatic carbocycles. The number of unbranched alkanes of at least 4 members (excludes halogenated alkanes) is 10. The Labute approximate surface area is 308 Å². The predicted octanol–water partition coefficient (Wildman–Crippen LogP) is 5.19. The van der Waals surface area contributed by atoms with Crippen molar-refractivity contribution in [2.75, 3.05) is 13.2 Å². The van der Waals surface area contributed by atoms with Crippen molar-refractivity contribution >= 4 is 63.8 Å². The molecule has 0 spiro atoms. The molecule has 2 amide bonds. The minimum atomic E-state index is -0.729. The SMILES string of the molecule is CCCCCCCCOc1c(O)cc(C(=O)NC(=S)NNC(=S)NNC(=S)NC(=O)c2cc(O)c(OCCCCCCCC)c(O)c2)cc1O. The van der Waals surface area contributed by atoms with Crippen LogP contribution in [-0.2, 0) is 0 Å². The maximum absolute atomic E-state index is 12.6. The zero-order chi connectivity index (χ0) is 36.9. The first-order valence-electron chi connectivity index (χ1n) is 16.6. The Hall–Kier alpha value is -4.35. The maximum atomic E-state index is 12.6. The van der Waals surface area contributed by atoms with E-state index in [1.807, 2.05) is 0 Å². The van der Waals surface area contributed by atoms with Crippen molar-refractivity contribution in [1.82, 2.24) is 32.3 Å². The molecule has 10 N–H and O–H groups in total. The molecule has 17 heteroatoms. The second-order valence-corrected chi connectivity index (χ2v) is 12.5. The molecule has 14 nitrogen and oxygen atoms in total. The average molecular weight is 753 g/mol. The van der Waals surface area contributed by atoms with Gasteiger partial charge < -0.3 is 29.9 Å². The number of hydrogen-bond donors (Lipinski definition) is 10. The van der Waals surface area contributed by atoms with Crippen LogP contribution in [0.2, 0.25) is 0 Å². The van der Waals surface area contributed by atoms with Gasteiger partial charge in [-0.3, -0.25) is 41.9 Å². The van der Waals surface area contributed by atoms with Gasteiger partial charge in [-0.2, -0.15) is 0 Å². The molecule has 0 aliphatic rings. The molecule has 2 rings (SSSR count). The molecule has 0 saturated carbocycles. The van der Waals surface area contributed by atoms with E-state index < -0.39 is 34.8 Å². The van der Waals surface area contributed by atoms with E-state index in [9.17, 15) is 30.0 Å². The van der Waals surface area contributed by atoms with E-state index in [1.54, 1.807) is 0 Å². The lowest BCUT2D eigenvalue weighted by Gasteiger charge is -2.16. The van der Waals surface area contributed by atoms with Gasteiger partial charge in [-0.15, -0.1) is 0 Å². The molecule has 0 saturated heterocycles. The zero-order valence-corrected chi connectivity index (χ0v) is 30.8. The molecule has 0 fully saturated rings. The minimum Gasteiger partial charge on any atom is -0.504 e. The van der Waals surface area contributed by atoms with E-state index in [0.717, 1.165) is 88.5 Å². The van der Waals surface area contributed by atoms with Crippen LogP contribution in [0.25, 0.3) is 0 Å². The quantitative estimate of drug-likeness (QED) is 0.0541. The molecule has 0 bridgehead atoms. The van der Waals surface area contributed by atoms with Gasteiger partial charge in [-0.05, 0) is 73.8 Å². The third-order valence-electron chi connectivity index (χ3n) is 7.15. The Bertz CT molecular complexity index is 1310. The van der Waals surface area contributed by atoms with Crippen molar-refractivity contribution in [3.05, 3.63) is 35.4 Å². The smallest absolute Gasteiger partial charge is 0.257 e. The number of phenolic OH excluding ortho intramolecular Hbond substituents is 4. The summed E-state index contributed by atoms with van der Waals surface area (Å²) in [6.07, 6.45) is 12.7. The number of amides is 2. The van der Waals surface area contributed by atoms with Gasteiger partial charge in [0, 0.05) is 11.1 Å². The van der Waals surface area contributed by atoms with E-state index in [1.165, 1.54) is 12.8 Å². The summed E-state index contributed by atoms with van der Waals surface area (Å²) in [5.41, 5.74) is 9.78. The Morgan fingerprint density at radius 1 is 0.520 bits per heavy atom. The van der Waals surface area contributed by atoms with Crippen LogP contribution in [0.1, 0.15) is 112 Å². The van der Waals surface area contributed by atoms with Crippen molar-refractivity contribution in [1.29, 1.82) is 0 Å². The topological polar surface area (TPSA) is 206 Å². The number of hydrazine groups is 2. The molecule has 0 unspecified atom stereocenters. The summed E-state index contributed by atoms with van der Waals surface area (Å²) in [5, 5.41) is 45.4. The van der Waals surface area contributed by atoms with Gasteiger partial charge in [0.25, 0.3) is 11.8 Å². The third-order valence-corrected chi connectivity index (χ3v) is 7.76. The number of nitrogens with one attached hydrogen (secondary N) is 6. The van der Waals surface area contributed by atoms with Crippen LogP contribution in [0.15, 0.2) is 24.3 Å². The third kappa shape index (κ3) is 15.5. The molecule has 0 heterocycles. The first kappa shape index (κ1) is 41.8. The van der Waals surface area contributed by atoms with Crippen molar-refractivity contribution in [2.45, 2.75) is 90.9 Å². The van der Waals surface area contributed by atoms with Gasteiger partial charge in [-0.1, -0.05) is 78.1 Å². The van der Waals surface area contributed by atoms with Crippen LogP contribution in [0.4, 0.5) is 0 Å². The molecule has 0 atom stereocenters. The molecule has 2 aromatic carbocycles. The number of carbonyl (C=O) groups is 2. The van der Waals surface area contributed by atoms with Crippen molar-refractivity contribution in [3.8, 4) is 34.5 Å². The number of hydrogen-bond acceptors (Lipinski definition) is 11. The fourth-order valence-electron chi connectivity index (χ4n) is 4.54. The summed E-state index contributed by atoms with van der Waals surface area (Å²) in [4.78, 5) is 25.2. The minimum absolute atomic E-state index is 0.0727. The number of ether oxygens (including phenoxy) is 2. The summed E-state index contributed by atoms with van der Waals surface area (Å²) >= 11 is 15.2. The first-order valence-corrected chi connectivity index (χ1v) is 17.8. The summed E-state index contributed by atoms with van der Waals surface area (Å²) in [6, 6.07) is 4.59. The number of phenols is 4. The number of thiocarbonyl (C=S) groups is 3. The van der Waals surface area contributed by atoms with Gasteiger partial charge in [0.2, 0.25) is 16.6 Å². The second kappa shape index (κ2) is 23.1. The highest BCUT2D eigenvalue weighted by atomic mass is 32.1. The Morgan fingerprint density at radius 2 is 0.820 bits per heavy atom. The highest BCUT2D eigenvalue weighted by Crippen LogP contribution is 2.38. The van der Waals surface area contributed by atoms with E-state index in [4.69, 9.17) is 46.1 Å². The van der Waals surface area contributed by atoms with Gasteiger partial charge in [0.05, 0.1) is 13.2 Å². The van der Waals surface area contributed by atoms with E-state index in [2.05, 4.69) is 46.2 Å². The highest BCUT2D eigenvalue weighted by Gasteiger charge is 2.18. The largest absolute Gasteiger partial charge is 0.504 e. The monoisotopic (exact) mass is 752 g/mol. The fraction of sp³-hybridized carbons (Fsp3) is 0.485. The lowest BCUT2D eigenvalue weighted by Crippen LogP contribution is -2.56. The summed E-state index contributed by atoms with van der Waals surface area (Å²) in [5.74, 6) is -3.23. The summed E-state index contributed by atoms with van der Waals surface area (Å²) < 4.78 is 11.0. The van der Waals surface area contributed by atoms with Crippen LogP contribution in [0, 0.1) is 0 Å². The van der Waals surface area contributed by atoms with Gasteiger partial charge in [0.15, 0.2) is 33.2 Å². The number of carbonyl (C=O) groups excluding carboxylic acids is 2. The molecule has 0 aliphatic heterocycles.